The number of H-pyrrole nitrogens is 1. The van der Waals surface area contributed by atoms with Gasteiger partial charge < -0.3 is 5.21 Å². The van der Waals surface area contributed by atoms with Crippen molar-refractivity contribution in [1.29, 1.82) is 0 Å². The van der Waals surface area contributed by atoms with Gasteiger partial charge in [-0.1, -0.05) is 0 Å². The molecule has 0 unspecified atom stereocenters. The van der Waals surface area contributed by atoms with Crippen molar-refractivity contribution in [2.45, 2.75) is 0 Å². The summed E-state index contributed by atoms with van der Waals surface area (Å²) in [7, 11) is 0. The predicted octanol–water partition coefficient (Wildman–Crippen LogP) is -1.10. The molecule has 0 saturated heterocycles. The molecule has 2 N–H and O–H groups in total. The van der Waals surface area contributed by atoms with Gasteiger partial charge >= 0.3 is 5.56 Å². The van der Waals surface area contributed by atoms with Gasteiger partial charge in [0.25, 0.3) is 0 Å². The fourth-order valence-electron chi connectivity index (χ4n) is 0.373. The largest absolute Gasteiger partial charge is 0.425 e. The Balaban J connectivity index is 3.35. The summed E-state index contributed by atoms with van der Waals surface area (Å²) in [6.07, 6.45) is 3.82. The third-order valence-electron chi connectivity index (χ3n) is 0.745. The van der Waals surface area contributed by atoms with Gasteiger partial charge in [0.15, 0.2) is 6.20 Å². The minimum atomic E-state index is -0.465. The molecular formula is C4H5N2O2+. The summed E-state index contributed by atoms with van der Waals surface area (Å²) < 4.78 is 0.497. The number of hydrogen-bond donors (Lipinski definition) is 1. The lowest BCUT2D eigenvalue weighted by atomic mass is 10.7. The van der Waals surface area contributed by atoms with Gasteiger partial charge in [-0.2, -0.15) is 0 Å². The summed E-state index contributed by atoms with van der Waals surface area (Å²) in [4.78, 5) is 12.8. The minimum absolute atomic E-state index is 0.465. The van der Waals surface area contributed by atoms with Gasteiger partial charge in [-0.25, -0.2) is 4.98 Å². The smallest absolute Gasteiger partial charge is 0.346 e. The van der Waals surface area contributed by atoms with Crippen molar-refractivity contribution in [2.75, 3.05) is 0 Å². The first-order valence-electron chi connectivity index (χ1n) is 2.09. The fraction of sp³-hybridized carbons (Fsp3) is 0. The van der Waals surface area contributed by atoms with E-state index >= 15 is 0 Å². The van der Waals surface area contributed by atoms with E-state index < -0.39 is 5.56 Å². The molecule has 0 saturated carbocycles. The van der Waals surface area contributed by atoms with Gasteiger partial charge in [-0.15, -0.1) is 4.73 Å². The van der Waals surface area contributed by atoms with Crippen LogP contribution in [0, 0.1) is 0 Å². The standard InChI is InChI=1S/C4H4N2O2/c7-4-3-5-1-2-6(4)8/h1-3,8H/p+1. The molecular weight excluding hydrogens is 108 g/mol. The van der Waals surface area contributed by atoms with E-state index in [1.807, 2.05) is 0 Å². The van der Waals surface area contributed by atoms with Crippen molar-refractivity contribution < 1.29 is 10.2 Å². The normalized spacial score (nSPS) is 9.00. The van der Waals surface area contributed by atoms with Gasteiger partial charge in [0.2, 0.25) is 6.20 Å². The van der Waals surface area contributed by atoms with Crippen molar-refractivity contribution in [3.05, 3.63) is 28.9 Å². The monoisotopic (exact) mass is 113 g/mol. The molecule has 8 heavy (non-hydrogen) atoms. The molecule has 0 aliphatic heterocycles. The lowest BCUT2D eigenvalue weighted by Crippen LogP contribution is -2.21. The number of nitrogens with zero attached hydrogens (tertiary/aromatic N) is 1. The molecule has 0 radical (unpaired) electrons. The SMILES string of the molecule is O=c1c[nH+]ccn1O. The molecule has 1 aromatic rings. The molecule has 0 atom stereocenters. The lowest BCUT2D eigenvalue weighted by molar-refractivity contribution is -0.382. The van der Waals surface area contributed by atoms with Crippen molar-refractivity contribution in [1.82, 2.24) is 4.73 Å². The van der Waals surface area contributed by atoms with Crippen molar-refractivity contribution >= 4 is 0 Å². The van der Waals surface area contributed by atoms with Crippen molar-refractivity contribution in [3.63, 3.8) is 0 Å². The predicted molar refractivity (Wildman–Crippen MR) is 24.4 cm³/mol. The average molecular weight is 113 g/mol. The van der Waals surface area contributed by atoms with E-state index in [4.69, 9.17) is 5.21 Å². The van der Waals surface area contributed by atoms with Gasteiger partial charge in [0.05, 0.1) is 0 Å². The van der Waals surface area contributed by atoms with Crippen LogP contribution in [0.4, 0.5) is 0 Å². The summed E-state index contributed by atoms with van der Waals surface area (Å²) in [6, 6.07) is 0. The topological polar surface area (TPSA) is 56.4 Å². The van der Waals surface area contributed by atoms with Crippen LogP contribution in [0.1, 0.15) is 0 Å². The first-order valence-corrected chi connectivity index (χ1v) is 2.09. The Morgan fingerprint density at radius 3 is 2.88 bits per heavy atom. The Hall–Kier alpha value is -1.32. The second-order valence-electron chi connectivity index (χ2n) is 1.31. The van der Waals surface area contributed by atoms with Crippen LogP contribution in [0.15, 0.2) is 23.4 Å². The van der Waals surface area contributed by atoms with Crippen LogP contribution >= 0.6 is 0 Å². The molecule has 0 aliphatic rings. The van der Waals surface area contributed by atoms with Gasteiger partial charge in [-0.05, 0) is 0 Å². The van der Waals surface area contributed by atoms with Crippen molar-refractivity contribution in [2.24, 2.45) is 0 Å². The highest BCUT2D eigenvalue weighted by Gasteiger charge is 1.89. The average Bonchev–Trinajstić information content (AvgIpc) is 1.77. The Labute approximate surface area is 45.0 Å². The molecule has 4 nitrogen and oxygen atoms in total. The van der Waals surface area contributed by atoms with Gasteiger partial charge in [-0.3, -0.25) is 4.79 Å². The zero-order valence-corrected chi connectivity index (χ0v) is 4.03. The molecule has 0 aliphatic carbocycles. The van der Waals surface area contributed by atoms with Crippen LogP contribution in [0.25, 0.3) is 0 Å². The maximum absolute atomic E-state index is 10.3. The summed E-state index contributed by atoms with van der Waals surface area (Å²) in [5.41, 5.74) is -0.465. The summed E-state index contributed by atoms with van der Waals surface area (Å²) in [5.74, 6) is 0. The Bertz CT molecular complexity index is 229. The zero-order chi connectivity index (χ0) is 5.98. The molecule has 1 heterocycles. The number of aromatic nitrogens is 2. The molecule has 1 rings (SSSR count). The van der Waals surface area contributed by atoms with Gasteiger partial charge in [0, 0.05) is 0 Å². The first kappa shape index (κ1) is 4.83. The van der Waals surface area contributed by atoms with E-state index in [1.54, 1.807) is 0 Å². The zero-order valence-electron chi connectivity index (χ0n) is 4.03. The number of rotatable bonds is 0. The molecule has 0 bridgehead atoms. The summed E-state index contributed by atoms with van der Waals surface area (Å²) >= 11 is 0. The highest BCUT2D eigenvalue weighted by atomic mass is 16.5. The third kappa shape index (κ3) is 0.676. The molecule has 0 fully saturated rings. The van der Waals surface area contributed by atoms with Crippen molar-refractivity contribution in [3.8, 4) is 0 Å². The molecule has 0 amide bonds. The van der Waals surface area contributed by atoms with Crippen LogP contribution in [-0.4, -0.2) is 9.94 Å². The highest BCUT2D eigenvalue weighted by molar-refractivity contribution is 4.67. The highest BCUT2D eigenvalue weighted by Crippen LogP contribution is 1.60. The molecule has 1 aromatic heterocycles. The summed E-state index contributed by atoms with van der Waals surface area (Å²) in [5, 5.41) is 8.50. The second kappa shape index (κ2) is 1.65. The van der Waals surface area contributed by atoms with Crippen LogP contribution < -0.4 is 10.5 Å². The maximum atomic E-state index is 10.3. The van der Waals surface area contributed by atoms with E-state index in [2.05, 4.69) is 4.98 Å². The van der Waals surface area contributed by atoms with Crippen LogP contribution in [0.5, 0.6) is 0 Å². The van der Waals surface area contributed by atoms with E-state index in [1.165, 1.54) is 12.4 Å². The van der Waals surface area contributed by atoms with E-state index in [-0.39, 0.29) is 0 Å². The number of aromatic amines is 1. The van der Waals surface area contributed by atoms with E-state index in [9.17, 15) is 4.79 Å². The molecule has 42 valence electrons. The fourth-order valence-corrected chi connectivity index (χ4v) is 0.373. The van der Waals surface area contributed by atoms with Gasteiger partial charge in [0.1, 0.15) is 6.20 Å². The Kier molecular flexibility index (Phi) is 0.997. The Morgan fingerprint density at radius 2 is 2.50 bits per heavy atom. The summed E-state index contributed by atoms with van der Waals surface area (Å²) in [6.45, 7) is 0. The molecule has 4 heteroatoms. The number of nitrogens with one attached hydrogen (secondary N) is 1. The maximum Gasteiger partial charge on any atom is 0.346 e. The van der Waals surface area contributed by atoms with Crippen LogP contribution in [0.3, 0.4) is 0 Å². The number of hydrogen-bond acceptors (Lipinski definition) is 2. The minimum Gasteiger partial charge on any atom is -0.425 e. The van der Waals surface area contributed by atoms with Crippen LogP contribution in [-0.2, 0) is 0 Å². The second-order valence-corrected chi connectivity index (χ2v) is 1.31. The lowest BCUT2D eigenvalue weighted by Gasteiger charge is -1.83. The van der Waals surface area contributed by atoms with Crippen LogP contribution in [0.2, 0.25) is 0 Å². The third-order valence-corrected chi connectivity index (χ3v) is 0.745. The quantitative estimate of drug-likeness (QED) is 0.434. The first-order chi connectivity index (χ1) is 3.80. The van der Waals surface area contributed by atoms with E-state index in [0.717, 1.165) is 6.20 Å². The molecule has 0 spiro atoms. The Morgan fingerprint density at radius 1 is 1.75 bits per heavy atom. The van der Waals surface area contributed by atoms with E-state index in [0.29, 0.717) is 4.73 Å². The molecule has 0 aromatic carbocycles.